The molecule has 0 bridgehead atoms. The van der Waals surface area contributed by atoms with E-state index < -0.39 is 0 Å². The monoisotopic (exact) mass is 279 g/mol. The fourth-order valence-electron chi connectivity index (χ4n) is 1.51. The molecule has 2 aromatic rings. The Balaban J connectivity index is 2.10. The predicted molar refractivity (Wildman–Crippen MR) is 75.9 cm³/mol. The summed E-state index contributed by atoms with van der Waals surface area (Å²) in [5.74, 6) is 0.161. The van der Waals surface area contributed by atoms with E-state index in [-0.39, 0.29) is 5.75 Å². The van der Waals surface area contributed by atoms with Crippen LogP contribution < -0.4 is 0 Å². The van der Waals surface area contributed by atoms with E-state index in [0.717, 1.165) is 5.56 Å². The fourth-order valence-corrected chi connectivity index (χ4v) is 1.91. The minimum Gasteiger partial charge on any atom is -0.507 e. The average molecular weight is 280 g/mol. The zero-order valence-electron chi connectivity index (χ0n) is 9.48. The minimum atomic E-state index is 0.161. The molecular weight excluding hydrogens is 269 g/mol. The van der Waals surface area contributed by atoms with Crippen LogP contribution in [0.2, 0.25) is 10.0 Å². The Kier molecular flexibility index (Phi) is 4.24. The number of nitrogens with zero attached hydrogens (tertiary/aromatic N) is 1. The number of phenolic OH excluding ortho intramolecular Hbond substituents is 1. The molecule has 0 saturated heterocycles. The molecule has 0 amide bonds. The zero-order valence-corrected chi connectivity index (χ0v) is 11.0. The van der Waals surface area contributed by atoms with Crippen LogP contribution in [-0.2, 0) is 6.54 Å². The summed E-state index contributed by atoms with van der Waals surface area (Å²) in [6.07, 6.45) is 1.60. The topological polar surface area (TPSA) is 32.6 Å². The molecular formula is C14H11Cl2NO. The van der Waals surface area contributed by atoms with E-state index in [4.69, 9.17) is 23.2 Å². The molecule has 2 rings (SSSR count). The number of aromatic hydroxyl groups is 1. The van der Waals surface area contributed by atoms with Crippen molar-refractivity contribution < 1.29 is 5.11 Å². The van der Waals surface area contributed by atoms with Crippen molar-refractivity contribution in [3.63, 3.8) is 0 Å². The van der Waals surface area contributed by atoms with Crippen molar-refractivity contribution in [3.8, 4) is 5.75 Å². The van der Waals surface area contributed by atoms with Gasteiger partial charge in [-0.15, -0.1) is 0 Å². The lowest BCUT2D eigenvalue weighted by molar-refractivity contribution is 0.474. The van der Waals surface area contributed by atoms with Gasteiger partial charge in [-0.25, -0.2) is 0 Å². The van der Waals surface area contributed by atoms with E-state index in [2.05, 4.69) is 4.99 Å². The van der Waals surface area contributed by atoms with E-state index in [1.165, 1.54) is 0 Å². The first-order valence-electron chi connectivity index (χ1n) is 5.38. The van der Waals surface area contributed by atoms with Crippen LogP contribution in [0.25, 0.3) is 0 Å². The molecule has 92 valence electrons. The lowest BCUT2D eigenvalue weighted by Crippen LogP contribution is -1.85. The van der Waals surface area contributed by atoms with Crippen molar-refractivity contribution in [3.05, 3.63) is 63.6 Å². The number of aliphatic imine (C=N–C) groups is 1. The molecule has 0 radical (unpaired) electrons. The predicted octanol–water partition coefficient (Wildman–Crippen LogP) is 4.32. The highest BCUT2D eigenvalue weighted by Gasteiger charge is 1.98. The summed E-state index contributed by atoms with van der Waals surface area (Å²) in [5.41, 5.74) is 1.62. The Morgan fingerprint density at radius 2 is 1.83 bits per heavy atom. The van der Waals surface area contributed by atoms with E-state index in [9.17, 15) is 5.11 Å². The van der Waals surface area contributed by atoms with Crippen molar-refractivity contribution in [2.75, 3.05) is 0 Å². The Morgan fingerprint density at radius 3 is 2.61 bits per heavy atom. The summed E-state index contributed by atoms with van der Waals surface area (Å²) in [5, 5.41) is 10.9. The molecule has 0 heterocycles. The molecule has 1 N–H and O–H groups in total. The second-order valence-corrected chi connectivity index (χ2v) is 4.68. The molecule has 0 spiro atoms. The van der Waals surface area contributed by atoms with E-state index in [0.29, 0.717) is 22.2 Å². The van der Waals surface area contributed by atoms with Crippen LogP contribution in [0.4, 0.5) is 0 Å². The normalized spacial score (nSPS) is 11.0. The maximum absolute atomic E-state index is 9.61. The van der Waals surface area contributed by atoms with Crippen molar-refractivity contribution >= 4 is 29.4 Å². The summed E-state index contributed by atoms with van der Waals surface area (Å²) in [7, 11) is 0. The molecule has 0 aliphatic carbocycles. The van der Waals surface area contributed by atoms with Crippen LogP contribution >= 0.6 is 23.2 Å². The number of rotatable bonds is 3. The Labute approximate surface area is 116 Å². The van der Waals surface area contributed by atoms with E-state index in [1.54, 1.807) is 24.4 Å². The lowest BCUT2D eigenvalue weighted by atomic mass is 10.2. The highest BCUT2D eigenvalue weighted by molar-refractivity contribution is 6.31. The van der Waals surface area contributed by atoms with Gasteiger partial charge in [-0.3, -0.25) is 4.99 Å². The number of benzene rings is 2. The summed E-state index contributed by atoms with van der Waals surface area (Å²) in [6, 6.07) is 12.3. The Hall–Kier alpha value is -1.51. The van der Waals surface area contributed by atoms with E-state index in [1.807, 2.05) is 24.3 Å². The standard InChI is InChI=1S/C14H11Cl2NO/c15-12-3-1-2-10(6-12)8-17-9-11-7-13(16)4-5-14(11)18/h1-7,9,18H,8H2. The van der Waals surface area contributed by atoms with Gasteiger partial charge in [0.1, 0.15) is 5.75 Å². The van der Waals surface area contributed by atoms with Gasteiger partial charge in [0.05, 0.1) is 6.54 Å². The molecule has 2 aromatic carbocycles. The summed E-state index contributed by atoms with van der Waals surface area (Å²) in [4.78, 5) is 4.25. The molecule has 4 heteroatoms. The Morgan fingerprint density at radius 1 is 1.06 bits per heavy atom. The quantitative estimate of drug-likeness (QED) is 0.834. The third-order valence-corrected chi connectivity index (χ3v) is 2.85. The van der Waals surface area contributed by atoms with E-state index >= 15 is 0 Å². The van der Waals surface area contributed by atoms with Crippen molar-refractivity contribution in [2.24, 2.45) is 4.99 Å². The molecule has 2 nitrogen and oxygen atoms in total. The van der Waals surface area contributed by atoms with Crippen LogP contribution in [-0.4, -0.2) is 11.3 Å². The minimum absolute atomic E-state index is 0.161. The van der Waals surface area contributed by atoms with Gasteiger partial charge in [-0.05, 0) is 35.9 Å². The van der Waals surface area contributed by atoms with Crippen molar-refractivity contribution in [1.29, 1.82) is 0 Å². The van der Waals surface area contributed by atoms with Crippen LogP contribution in [0.1, 0.15) is 11.1 Å². The van der Waals surface area contributed by atoms with Gasteiger partial charge in [-0.1, -0.05) is 35.3 Å². The van der Waals surface area contributed by atoms with Crippen molar-refractivity contribution in [1.82, 2.24) is 0 Å². The van der Waals surface area contributed by atoms with Gasteiger partial charge >= 0.3 is 0 Å². The highest BCUT2D eigenvalue weighted by atomic mass is 35.5. The molecule has 0 unspecified atom stereocenters. The molecule has 0 aromatic heterocycles. The number of phenols is 1. The van der Waals surface area contributed by atoms with Crippen LogP contribution in [0, 0.1) is 0 Å². The van der Waals surface area contributed by atoms with Gasteiger partial charge in [0.25, 0.3) is 0 Å². The van der Waals surface area contributed by atoms with Gasteiger partial charge in [-0.2, -0.15) is 0 Å². The smallest absolute Gasteiger partial charge is 0.124 e. The maximum atomic E-state index is 9.61. The largest absolute Gasteiger partial charge is 0.507 e. The van der Waals surface area contributed by atoms with Crippen molar-refractivity contribution in [2.45, 2.75) is 6.54 Å². The van der Waals surface area contributed by atoms with Gasteiger partial charge in [0.2, 0.25) is 0 Å². The third-order valence-electron chi connectivity index (χ3n) is 2.38. The van der Waals surface area contributed by atoms with Gasteiger partial charge < -0.3 is 5.11 Å². The molecule has 0 aliphatic rings. The third kappa shape index (κ3) is 3.49. The number of hydrogen-bond acceptors (Lipinski definition) is 2. The number of halogens is 2. The number of hydrogen-bond donors (Lipinski definition) is 1. The second kappa shape index (κ2) is 5.89. The highest BCUT2D eigenvalue weighted by Crippen LogP contribution is 2.20. The summed E-state index contributed by atoms with van der Waals surface area (Å²) >= 11 is 11.7. The fraction of sp³-hybridized carbons (Fsp3) is 0.0714. The van der Waals surface area contributed by atoms with Crippen LogP contribution in [0.15, 0.2) is 47.5 Å². The summed E-state index contributed by atoms with van der Waals surface area (Å²) < 4.78 is 0. The molecule has 0 aliphatic heterocycles. The zero-order chi connectivity index (χ0) is 13.0. The second-order valence-electron chi connectivity index (χ2n) is 3.80. The first-order chi connectivity index (χ1) is 8.65. The summed E-state index contributed by atoms with van der Waals surface area (Å²) in [6.45, 7) is 0.506. The van der Waals surface area contributed by atoms with Gasteiger partial charge in [0, 0.05) is 21.8 Å². The Bertz CT molecular complexity index is 582. The lowest BCUT2D eigenvalue weighted by Gasteiger charge is -2.00. The van der Waals surface area contributed by atoms with Gasteiger partial charge in [0.15, 0.2) is 0 Å². The molecule has 0 atom stereocenters. The SMILES string of the molecule is Oc1ccc(Cl)cc1C=NCc1cccc(Cl)c1. The average Bonchev–Trinajstić information content (AvgIpc) is 2.34. The molecule has 0 fully saturated rings. The first kappa shape index (κ1) is 12.9. The van der Waals surface area contributed by atoms with Crippen LogP contribution in [0.3, 0.4) is 0 Å². The first-order valence-corrected chi connectivity index (χ1v) is 6.13. The molecule has 18 heavy (non-hydrogen) atoms. The molecule has 0 saturated carbocycles. The van der Waals surface area contributed by atoms with Crippen LogP contribution in [0.5, 0.6) is 5.75 Å². The maximum Gasteiger partial charge on any atom is 0.124 e.